The Bertz CT molecular complexity index is 1770. The third-order valence-corrected chi connectivity index (χ3v) is 7.15. The van der Waals surface area contributed by atoms with Crippen molar-refractivity contribution in [2.75, 3.05) is 26.3 Å². The molecule has 2 heterocycles. The van der Waals surface area contributed by atoms with E-state index in [1.165, 1.54) is 9.58 Å². The van der Waals surface area contributed by atoms with Crippen molar-refractivity contribution in [3.63, 3.8) is 0 Å². The normalized spacial score (nSPS) is 12.5. The van der Waals surface area contributed by atoms with Crippen molar-refractivity contribution in [2.45, 2.75) is 19.1 Å². The Morgan fingerprint density at radius 3 is 2.51 bits per heavy atom. The summed E-state index contributed by atoms with van der Waals surface area (Å²) in [5.41, 5.74) is 3.26. The third kappa shape index (κ3) is 5.91. The first-order valence-electron chi connectivity index (χ1n) is 13.6. The van der Waals surface area contributed by atoms with E-state index in [1.807, 2.05) is 48.5 Å². The Morgan fingerprint density at radius 1 is 0.907 bits per heavy atom. The smallest absolute Gasteiger partial charge is 0.251 e. The Kier molecular flexibility index (Phi) is 7.77. The van der Waals surface area contributed by atoms with Crippen LogP contribution >= 0.6 is 0 Å². The maximum absolute atomic E-state index is 14.2. The summed E-state index contributed by atoms with van der Waals surface area (Å²) in [6, 6.07) is 26.0. The van der Waals surface area contributed by atoms with Crippen molar-refractivity contribution in [3.05, 3.63) is 102 Å². The Morgan fingerprint density at radius 2 is 1.70 bits per heavy atom. The molecule has 11 heteroatoms. The fraction of sp³-hybridized carbons (Fsp3) is 0.188. The average Bonchev–Trinajstić information content (AvgIpc) is 3.68. The Hall–Kier alpha value is -5.58. The molecule has 4 aromatic carbocycles. The first kappa shape index (κ1) is 27.6. The first-order valence-corrected chi connectivity index (χ1v) is 13.6. The number of nitrogens with zero attached hydrogens (tertiary/aromatic N) is 4. The van der Waals surface area contributed by atoms with E-state index in [2.05, 4.69) is 15.6 Å². The van der Waals surface area contributed by atoms with E-state index < -0.39 is 11.9 Å². The molecule has 0 aliphatic carbocycles. The summed E-state index contributed by atoms with van der Waals surface area (Å²) in [5.74, 6) is 1.61. The molecule has 1 aromatic heterocycles. The number of hydrogen-bond donors (Lipinski definition) is 1. The molecule has 2 amide bonds. The van der Waals surface area contributed by atoms with Gasteiger partial charge in [0.15, 0.2) is 11.5 Å². The van der Waals surface area contributed by atoms with Crippen LogP contribution < -0.4 is 24.3 Å². The van der Waals surface area contributed by atoms with Crippen LogP contribution in [0.25, 0.3) is 11.0 Å². The highest BCUT2D eigenvalue weighted by Gasteiger charge is 2.33. The molecule has 1 N–H and O–H groups in total. The van der Waals surface area contributed by atoms with Crippen LogP contribution in [-0.4, -0.2) is 52.7 Å². The molecule has 0 saturated carbocycles. The molecule has 11 nitrogen and oxygen atoms in total. The summed E-state index contributed by atoms with van der Waals surface area (Å²) < 4.78 is 23.2. The van der Waals surface area contributed by atoms with Crippen molar-refractivity contribution in [1.82, 2.24) is 19.9 Å². The number of rotatable bonds is 10. The summed E-state index contributed by atoms with van der Waals surface area (Å²) in [7, 11) is 3.14. The van der Waals surface area contributed by atoms with Crippen LogP contribution in [0.2, 0.25) is 0 Å². The van der Waals surface area contributed by atoms with Gasteiger partial charge in [0, 0.05) is 18.3 Å². The van der Waals surface area contributed by atoms with Crippen LogP contribution in [0.3, 0.4) is 0 Å². The lowest BCUT2D eigenvalue weighted by Gasteiger charge is -2.32. The quantitative estimate of drug-likeness (QED) is 0.256. The number of carbonyl (C=O) groups is 2. The molecule has 0 spiro atoms. The lowest BCUT2D eigenvalue weighted by molar-refractivity contribution is -0.140. The standard InChI is InChI=1S/C32H29N5O6/c1-40-24-13-10-21(11-14-24)18-36(30(38)19-37-27-9-4-3-8-26(27)34-35-37)31(22-6-5-7-25(16-22)41-2)32(39)33-23-12-15-28-29(17-23)43-20-42-28/h3-17,31H,18-20H2,1-2H3,(H,33,39). The molecule has 1 aliphatic rings. The van der Waals surface area contributed by atoms with Gasteiger partial charge < -0.3 is 29.2 Å². The average molecular weight is 580 g/mol. The second-order valence-electron chi connectivity index (χ2n) is 9.84. The minimum Gasteiger partial charge on any atom is -0.497 e. The van der Waals surface area contributed by atoms with Gasteiger partial charge >= 0.3 is 0 Å². The summed E-state index contributed by atoms with van der Waals surface area (Å²) in [6.45, 7) is 0.112. The minimum atomic E-state index is -1.04. The second kappa shape index (κ2) is 12.1. The molecule has 218 valence electrons. The highest BCUT2D eigenvalue weighted by atomic mass is 16.7. The van der Waals surface area contributed by atoms with Crippen molar-refractivity contribution in [1.29, 1.82) is 0 Å². The van der Waals surface area contributed by atoms with E-state index in [9.17, 15) is 9.59 Å². The minimum absolute atomic E-state index is 0.111. The Balaban J connectivity index is 1.40. The van der Waals surface area contributed by atoms with Gasteiger partial charge in [0.1, 0.15) is 29.6 Å². The van der Waals surface area contributed by atoms with E-state index in [1.54, 1.807) is 56.7 Å². The van der Waals surface area contributed by atoms with Gasteiger partial charge in [-0.15, -0.1) is 5.10 Å². The van der Waals surface area contributed by atoms with Gasteiger partial charge in [-0.2, -0.15) is 0 Å². The molecule has 0 fully saturated rings. The first-order chi connectivity index (χ1) is 21.0. The maximum Gasteiger partial charge on any atom is 0.251 e. The molecule has 1 atom stereocenters. The number of ether oxygens (including phenoxy) is 4. The monoisotopic (exact) mass is 579 g/mol. The van der Waals surface area contributed by atoms with Gasteiger partial charge in [-0.1, -0.05) is 41.6 Å². The van der Waals surface area contributed by atoms with Crippen LogP contribution in [0.5, 0.6) is 23.0 Å². The van der Waals surface area contributed by atoms with Gasteiger partial charge in [-0.3, -0.25) is 9.59 Å². The summed E-state index contributed by atoms with van der Waals surface area (Å²) in [6.07, 6.45) is 0. The summed E-state index contributed by atoms with van der Waals surface area (Å²) in [5, 5.41) is 11.4. The molecule has 6 rings (SSSR count). The SMILES string of the molecule is COc1ccc(CN(C(=O)Cn2nnc3ccccc32)C(C(=O)Nc2ccc3c(c2)OCO3)c2cccc(OC)c2)cc1. The number of anilines is 1. The number of fused-ring (bicyclic) bond motifs is 2. The predicted molar refractivity (Wildman–Crippen MR) is 158 cm³/mol. The van der Waals surface area contributed by atoms with Crippen LogP contribution in [0, 0.1) is 0 Å². The molecule has 43 heavy (non-hydrogen) atoms. The highest BCUT2D eigenvalue weighted by molar-refractivity contribution is 5.98. The maximum atomic E-state index is 14.2. The molecular formula is C32H29N5O6. The highest BCUT2D eigenvalue weighted by Crippen LogP contribution is 2.35. The number of methoxy groups -OCH3 is 2. The fourth-order valence-electron chi connectivity index (χ4n) is 4.97. The van der Waals surface area contributed by atoms with Gasteiger partial charge in [-0.25, -0.2) is 4.68 Å². The van der Waals surface area contributed by atoms with Gasteiger partial charge in [0.2, 0.25) is 12.7 Å². The van der Waals surface area contributed by atoms with Gasteiger partial charge in [0.05, 0.1) is 19.7 Å². The largest absolute Gasteiger partial charge is 0.497 e. The second-order valence-corrected chi connectivity index (χ2v) is 9.84. The Labute approximate surface area is 247 Å². The van der Waals surface area contributed by atoms with Crippen LogP contribution in [0.1, 0.15) is 17.2 Å². The third-order valence-electron chi connectivity index (χ3n) is 7.15. The molecule has 5 aromatic rings. The predicted octanol–water partition coefficient (Wildman–Crippen LogP) is 4.59. The van der Waals surface area contributed by atoms with Crippen molar-refractivity contribution in [2.24, 2.45) is 0 Å². The zero-order valence-corrected chi connectivity index (χ0v) is 23.6. The van der Waals surface area contributed by atoms with E-state index in [0.717, 1.165) is 5.56 Å². The number of para-hydroxylation sites is 1. The van der Waals surface area contributed by atoms with Gasteiger partial charge in [-0.05, 0) is 59.7 Å². The zero-order valence-electron chi connectivity index (χ0n) is 23.6. The molecule has 0 saturated heterocycles. The van der Waals surface area contributed by atoms with E-state index >= 15 is 0 Å². The fourth-order valence-corrected chi connectivity index (χ4v) is 4.97. The zero-order chi connectivity index (χ0) is 29.8. The van der Waals surface area contributed by atoms with Crippen molar-refractivity contribution < 1.29 is 28.5 Å². The molecule has 0 radical (unpaired) electrons. The number of benzene rings is 4. The number of carbonyl (C=O) groups excluding carboxylic acids is 2. The van der Waals surface area contributed by atoms with Crippen molar-refractivity contribution >= 4 is 28.5 Å². The summed E-state index contributed by atoms with van der Waals surface area (Å²) in [4.78, 5) is 30.0. The molecule has 0 bridgehead atoms. The molecular weight excluding hydrogens is 550 g/mol. The molecule has 1 aliphatic heterocycles. The lowest BCUT2D eigenvalue weighted by atomic mass is 10.0. The number of hydrogen-bond acceptors (Lipinski definition) is 8. The van der Waals surface area contributed by atoms with Gasteiger partial charge in [0.25, 0.3) is 5.91 Å². The van der Waals surface area contributed by atoms with E-state index in [-0.39, 0.29) is 25.8 Å². The molecule has 1 unspecified atom stereocenters. The number of amides is 2. The summed E-state index contributed by atoms with van der Waals surface area (Å²) >= 11 is 0. The van der Waals surface area contributed by atoms with E-state index in [4.69, 9.17) is 18.9 Å². The topological polar surface area (TPSA) is 117 Å². The number of nitrogens with one attached hydrogen (secondary N) is 1. The van der Waals surface area contributed by atoms with Crippen molar-refractivity contribution in [3.8, 4) is 23.0 Å². The van der Waals surface area contributed by atoms with Crippen LogP contribution in [0.4, 0.5) is 5.69 Å². The van der Waals surface area contributed by atoms with Crippen LogP contribution in [-0.2, 0) is 22.7 Å². The van der Waals surface area contributed by atoms with E-state index in [0.29, 0.717) is 45.3 Å². The lowest BCUT2D eigenvalue weighted by Crippen LogP contribution is -2.42. The number of aromatic nitrogens is 3. The van der Waals surface area contributed by atoms with Crippen LogP contribution in [0.15, 0.2) is 91.0 Å².